The van der Waals surface area contributed by atoms with Crippen LogP contribution in [0.1, 0.15) is 25.5 Å². The molecular formula is C15H24N2O3. The largest absolute Gasteiger partial charge is 0.481 e. The van der Waals surface area contributed by atoms with Crippen molar-refractivity contribution in [1.82, 2.24) is 10.6 Å². The molecule has 20 heavy (non-hydrogen) atoms. The minimum absolute atomic E-state index is 0.144. The topological polar surface area (TPSA) is 59.6 Å². The molecule has 2 N–H and O–H groups in total. The summed E-state index contributed by atoms with van der Waals surface area (Å²) in [6, 6.07) is 7.89. The third-order valence-electron chi connectivity index (χ3n) is 3.10. The van der Waals surface area contributed by atoms with E-state index in [4.69, 9.17) is 9.47 Å². The van der Waals surface area contributed by atoms with E-state index in [1.807, 2.05) is 38.2 Å². The Hall–Kier alpha value is -1.59. The summed E-state index contributed by atoms with van der Waals surface area (Å²) in [5.41, 5.74) is 1.03. The third kappa shape index (κ3) is 4.83. The number of benzene rings is 1. The standard InChI is InChI=1S/C15H24N2O3/c1-11(16-3)13-7-5-6-8-14(13)20-12(2)15(18)17-9-10-19-4/h5-8,11-12,16H,9-10H2,1-4H3,(H,17,18). The molecule has 2 atom stereocenters. The molecule has 2 unspecified atom stereocenters. The van der Waals surface area contributed by atoms with Gasteiger partial charge in [0.15, 0.2) is 6.10 Å². The van der Waals surface area contributed by atoms with Gasteiger partial charge in [0.25, 0.3) is 5.91 Å². The molecular weight excluding hydrogens is 256 g/mol. The van der Waals surface area contributed by atoms with Crippen LogP contribution in [0, 0.1) is 0 Å². The highest BCUT2D eigenvalue weighted by Crippen LogP contribution is 2.25. The quantitative estimate of drug-likeness (QED) is 0.708. The van der Waals surface area contributed by atoms with Gasteiger partial charge in [-0.05, 0) is 27.0 Å². The molecule has 1 rings (SSSR count). The van der Waals surface area contributed by atoms with Gasteiger partial charge in [0, 0.05) is 25.3 Å². The van der Waals surface area contributed by atoms with Crippen LogP contribution in [0.4, 0.5) is 0 Å². The van der Waals surface area contributed by atoms with Gasteiger partial charge in [0.05, 0.1) is 6.61 Å². The van der Waals surface area contributed by atoms with Crippen LogP contribution >= 0.6 is 0 Å². The molecule has 0 spiro atoms. The SMILES string of the molecule is CNC(C)c1ccccc1OC(C)C(=O)NCCOC. The summed E-state index contributed by atoms with van der Waals surface area (Å²) >= 11 is 0. The van der Waals surface area contributed by atoms with Crippen molar-refractivity contribution in [2.24, 2.45) is 0 Å². The highest BCUT2D eigenvalue weighted by atomic mass is 16.5. The number of amides is 1. The van der Waals surface area contributed by atoms with Gasteiger partial charge < -0.3 is 20.1 Å². The summed E-state index contributed by atoms with van der Waals surface area (Å²) in [5, 5.41) is 5.93. The van der Waals surface area contributed by atoms with Crippen LogP contribution in [0.25, 0.3) is 0 Å². The minimum atomic E-state index is -0.544. The smallest absolute Gasteiger partial charge is 0.260 e. The summed E-state index contributed by atoms with van der Waals surface area (Å²) in [6.45, 7) is 4.76. The summed E-state index contributed by atoms with van der Waals surface area (Å²) in [7, 11) is 3.49. The summed E-state index contributed by atoms with van der Waals surface area (Å²) in [4.78, 5) is 11.9. The first kappa shape index (κ1) is 16.5. The van der Waals surface area contributed by atoms with Crippen molar-refractivity contribution in [3.63, 3.8) is 0 Å². The van der Waals surface area contributed by atoms with Crippen molar-refractivity contribution in [2.45, 2.75) is 26.0 Å². The number of rotatable bonds is 8. The fourth-order valence-corrected chi connectivity index (χ4v) is 1.77. The van der Waals surface area contributed by atoms with E-state index in [0.717, 1.165) is 11.3 Å². The molecule has 5 heteroatoms. The van der Waals surface area contributed by atoms with Crippen molar-refractivity contribution in [1.29, 1.82) is 0 Å². The average Bonchev–Trinajstić information content (AvgIpc) is 2.47. The van der Waals surface area contributed by atoms with Crippen LogP contribution < -0.4 is 15.4 Å². The Bertz CT molecular complexity index is 423. The van der Waals surface area contributed by atoms with Crippen molar-refractivity contribution in [3.05, 3.63) is 29.8 Å². The van der Waals surface area contributed by atoms with Gasteiger partial charge in [0.1, 0.15) is 5.75 Å². The molecule has 1 amide bonds. The van der Waals surface area contributed by atoms with Gasteiger partial charge >= 0.3 is 0 Å². The molecule has 0 saturated heterocycles. The first-order valence-corrected chi connectivity index (χ1v) is 6.79. The van der Waals surface area contributed by atoms with E-state index in [0.29, 0.717) is 13.2 Å². The number of carbonyl (C=O) groups excluding carboxylic acids is 1. The van der Waals surface area contributed by atoms with Crippen LogP contribution in [0.5, 0.6) is 5.75 Å². The highest BCUT2D eigenvalue weighted by Gasteiger charge is 2.17. The molecule has 1 aromatic carbocycles. The van der Waals surface area contributed by atoms with Crippen molar-refractivity contribution >= 4 is 5.91 Å². The Morgan fingerprint density at radius 3 is 2.65 bits per heavy atom. The molecule has 0 bridgehead atoms. The molecule has 1 aromatic rings. The van der Waals surface area contributed by atoms with Crippen molar-refractivity contribution < 1.29 is 14.3 Å². The zero-order chi connectivity index (χ0) is 15.0. The van der Waals surface area contributed by atoms with Crippen LogP contribution in [-0.4, -0.2) is 39.3 Å². The summed E-state index contributed by atoms with van der Waals surface area (Å²) in [5.74, 6) is 0.581. The summed E-state index contributed by atoms with van der Waals surface area (Å²) < 4.78 is 10.7. The maximum absolute atomic E-state index is 11.9. The molecule has 0 aliphatic heterocycles. The van der Waals surface area contributed by atoms with Crippen LogP contribution in [0.15, 0.2) is 24.3 Å². The van der Waals surface area contributed by atoms with E-state index in [1.54, 1.807) is 14.0 Å². The molecule has 0 heterocycles. The molecule has 0 fully saturated rings. The lowest BCUT2D eigenvalue weighted by molar-refractivity contribution is -0.127. The van der Waals surface area contributed by atoms with E-state index >= 15 is 0 Å². The number of ether oxygens (including phenoxy) is 2. The normalized spacial score (nSPS) is 13.6. The lowest BCUT2D eigenvalue weighted by Crippen LogP contribution is -2.38. The molecule has 0 aliphatic carbocycles. The molecule has 0 aromatic heterocycles. The van der Waals surface area contributed by atoms with E-state index in [-0.39, 0.29) is 11.9 Å². The Morgan fingerprint density at radius 1 is 1.30 bits per heavy atom. The number of hydrogen-bond acceptors (Lipinski definition) is 4. The van der Waals surface area contributed by atoms with E-state index in [1.165, 1.54) is 0 Å². The summed E-state index contributed by atoms with van der Waals surface area (Å²) in [6.07, 6.45) is -0.544. The fraction of sp³-hybridized carbons (Fsp3) is 0.533. The second kappa shape index (κ2) is 8.55. The van der Waals surface area contributed by atoms with Gasteiger partial charge in [-0.2, -0.15) is 0 Å². The number of hydrogen-bond donors (Lipinski definition) is 2. The number of carbonyl (C=O) groups is 1. The molecule has 5 nitrogen and oxygen atoms in total. The zero-order valence-corrected chi connectivity index (χ0v) is 12.6. The van der Waals surface area contributed by atoms with E-state index in [9.17, 15) is 4.79 Å². The van der Waals surface area contributed by atoms with Crippen molar-refractivity contribution in [2.75, 3.05) is 27.3 Å². The monoisotopic (exact) mass is 280 g/mol. The van der Waals surface area contributed by atoms with Gasteiger partial charge in [-0.25, -0.2) is 0 Å². The Kier molecular flexibility index (Phi) is 7.04. The minimum Gasteiger partial charge on any atom is -0.481 e. The van der Waals surface area contributed by atoms with E-state index < -0.39 is 6.10 Å². The average molecular weight is 280 g/mol. The lowest BCUT2D eigenvalue weighted by Gasteiger charge is -2.20. The Morgan fingerprint density at radius 2 is 2.00 bits per heavy atom. The van der Waals surface area contributed by atoms with Crippen molar-refractivity contribution in [3.8, 4) is 5.75 Å². The predicted octanol–water partition coefficient (Wildman–Crippen LogP) is 1.50. The zero-order valence-electron chi connectivity index (χ0n) is 12.6. The van der Waals surface area contributed by atoms with E-state index in [2.05, 4.69) is 10.6 Å². The van der Waals surface area contributed by atoms with Crippen LogP contribution in [-0.2, 0) is 9.53 Å². The number of methoxy groups -OCH3 is 1. The predicted molar refractivity (Wildman–Crippen MR) is 78.9 cm³/mol. The Balaban J connectivity index is 2.65. The molecule has 0 saturated carbocycles. The molecule has 0 radical (unpaired) electrons. The second-order valence-electron chi connectivity index (χ2n) is 4.59. The first-order chi connectivity index (χ1) is 9.60. The third-order valence-corrected chi connectivity index (χ3v) is 3.10. The van der Waals surface area contributed by atoms with Gasteiger partial charge in [-0.15, -0.1) is 0 Å². The lowest BCUT2D eigenvalue weighted by atomic mass is 10.1. The number of para-hydroxylation sites is 1. The first-order valence-electron chi connectivity index (χ1n) is 6.79. The van der Waals surface area contributed by atoms with Crippen LogP contribution in [0.3, 0.4) is 0 Å². The van der Waals surface area contributed by atoms with Gasteiger partial charge in [-0.1, -0.05) is 18.2 Å². The second-order valence-corrected chi connectivity index (χ2v) is 4.59. The number of nitrogens with one attached hydrogen (secondary N) is 2. The highest BCUT2D eigenvalue weighted by molar-refractivity contribution is 5.80. The maximum atomic E-state index is 11.9. The molecule has 0 aliphatic rings. The molecule has 112 valence electrons. The van der Waals surface area contributed by atoms with Crippen LogP contribution in [0.2, 0.25) is 0 Å². The Labute approximate surface area is 120 Å². The van der Waals surface area contributed by atoms with Gasteiger partial charge in [0.2, 0.25) is 0 Å². The maximum Gasteiger partial charge on any atom is 0.260 e. The fourth-order valence-electron chi connectivity index (χ4n) is 1.77. The van der Waals surface area contributed by atoms with Gasteiger partial charge in [-0.3, -0.25) is 4.79 Å².